The number of rotatable bonds is 3. The van der Waals surface area contributed by atoms with Gasteiger partial charge in [-0.2, -0.15) is 5.26 Å². The van der Waals surface area contributed by atoms with E-state index in [1.165, 1.54) is 36.4 Å². The van der Waals surface area contributed by atoms with Gasteiger partial charge in [-0.25, -0.2) is 12.8 Å². The Kier molecular flexibility index (Phi) is 3.72. The van der Waals surface area contributed by atoms with Crippen molar-refractivity contribution in [2.45, 2.75) is 11.8 Å². The minimum Gasteiger partial charge on any atom is -0.277 e. The topological polar surface area (TPSA) is 70.0 Å². The third kappa shape index (κ3) is 2.78. The van der Waals surface area contributed by atoms with E-state index in [1.807, 2.05) is 0 Å². The number of aryl methyl sites for hydroxylation is 1. The summed E-state index contributed by atoms with van der Waals surface area (Å²) in [4.78, 5) is -0.177. The van der Waals surface area contributed by atoms with Crippen molar-refractivity contribution in [3.63, 3.8) is 0 Å². The number of nitriles is 1. The summed E-state index contributed by atoms with van der Waals surface area (Å²) in [5.74, 6) is -0.673. The van der Waals surface area contributed by atoms with Crippen LogP contribution in [0.25, 0.3) is 0 Å². The van der Waals surface area contributed by atoms with Crippen molar-refractivity contribution in [1.29, 1.82) is 5.26 Å². The standard InChI is InChI=1S/C14H11FN2O2S/c1-10-6-7-12(15)13(8-10)17-20(18,19)14-5-3-2-4-11(14)9-16/h2-8,17H,1H3. The van der Waals surface area contributed by atoms with Gasteiger partial charge in [0.2, 0.25) is 0 Å². The van der Waals surface area contributed by atoms with Gasteiger partial charge in [0.1, 0.15) is 16.8 Å². The van der Waals surface area contributed by atoms with E-state index in [9.17, 15) is 12.8 Å². The number of halogens is 1. The maximum atomic E-state index is 13.6. The Morgan fingerprint density at radius 3 is 2.60 bits per heavy atom. The van der Waals surface area contributed by atoms with Crippen LogP contribution in [0.15, 0.2) is 47.4 Å². The second-order valence-corrected chi connectivity index (χ2v) is 5.85. The van der Waals surface area contributed by atoms with Crippen LogP contribution in [0.1, 0.15) is 11.1 Å². The van der Waals surface area contributed by atoms with Gasteiger partial charge in [-0.05, 0) is 36.8 Å². The molecule has 0 aromatic heterocycles. The van der Waals surface area contributed by atoms with Gasteiger partial charge in [0.15, 0.2) is 0 Å². The first-order chi connectivity index (χ1) is 9.44. The average Bonchev–Trinajstić information content (AvgIpc) is 2.42. The van der Waals surface area contributed by atoms with Crippen molar-refractivity contribution >= 4 is 15.7 Å². The smallest absolute Gasteiger partial charge is 0.263 e. The quantitative estimate of drug-likeness (QED) is 0.945. The predicted octanol–water partition coefficient (Wildman–Crippen LogP) is 2.81. The van der Waals surface area contributed by atoms with Gasteiger partial charge in [-0.1, -0.05) is 18.2 Å². The van der Waals surface area contributed by atoms with E-state index in [4.69, 9.17) is 5.26 Å². The maximum Gasteiger partial charge on any atom is 0.263 e. The zero-order chi connectivity index (χ0) is 14.8. The van der Waals surface area contributed by atoms with Crippen LogP contribution >= 0.6 is 0 Å². The number of sulfonamides is 1. The second kappa shape index (κ2) is 5.31. The SMILES string of the molecule is Cc1ccc(F)c(NS(=O)(=O)c2ccccc2C#N)c1. The van der Waals surface area contributed by atoms with E-state index in [-0.39, 0.29) is 16.1 Å². The highest BCUT2D eigenvalue weighted by molar-refractivity contribution is 7.92. The number of hydrogen-bond acceptors (Lipinski definition) is 3. The molecule has 0 fully saturated rings. The molecule has 0 bridgehead atoms. The van der Waals surface area contributed by atoms with Crippen molar-refractivity contribution < 1.29 is 12.8 Å². The molecule has 0 saturated carbocycles. The lowest BCUT2D eigenvalue weighted by atomic mass is 10.2. The van der Waals surface area contributed by atoms with Crippen LogP contribution in [0.5, 0.6) is 0 Å². The zero-order valence-electron chi connectivity index (χ0n) is 10.6. The third-order valence-corrected chi connectivity index (χ3v) is 4.09. The van der Waals surface area contributed by atoms with Gasteiger partial charge in [-0.3, -0.25) is 4.72 Å². The predicted molar refractivity (Wildman–Crippen MR) is 73.1 cm³/mol. The van der Waals surface area contributed by atoms with Crippen molar-refractivity contribution in [2.75, 3.05) is 4.72 Å². The Hall–Kier alpha value is -2.39. The molecule has 0 aliphatic carbocycles. The second-order valence-electron chi connectivity index (χ2n) is 4.20. The number of anilines is 1. The molecule has 1 N–H and O–H groups in total. The van der Waals surface area contributed by atoms with E-state index >= 15 is 0 Å². The first-order valence-electron chi connectivity index (χ1n) is 5.72. The summed E-state index contributed by atoms with van der Waals surface area (Å²) in [5, 5.41) is 8.93. The molecule has 0 heterocycles. The van der Waals surface area contributed by atoms with Crippen molar-refractivity contribution in [3.8, 4) is 6.07 Å². The van der Waals surface area contributed by atoms with E-state index in [2.05, 4.69) is 4.72 Å². The fraction of sp³-hybridized carbons (Fsp3) is 0.0714. The molecule has 2 aromatic carbocycles. The Morgan fingerprint density at radius 1 is 1.20 bits per heavy atom. The van der Waals surface area contributed by atoms with Gasteiger partial charge >= 0.3 is 0 Å². The molecule has 0 aliphatic rings. The number of hydrogen-bond donors (Lipinski definition) is 1. The molecular formula is C14H11FN2O2S. The summed E-state index contributed by atoms with van der Waals surface area (Å²) >= 11 is 0. The highest BCUT2D eigenvalue weighted by atomic mass is 32.2. The summed E-state index contributed by atoms with van der Waals surface area (Å²) in [6, 6.07) is 11.7. The van der Waals surface area contributed by atoms with Crippen LogP contribution in [0.3, 0.4) is 0 Å². The summed E-state index contributed by atoms with van der Waals surface area (Å²) in [6.07, 6.45) is 0. The summed E-state index contributed by atoms with van der Waals surface area (Å²) < 4.78 is 40.2. The fourth-order valence-electron chi connectivity index (χ4n) is 1.71. The molecule has 0 aliphatic heterocycles. The van der Waals surface area contributed by atoms with Crippen LogP contribution < -0.4 is 4.72 Å². The number of nitrogens with zero attached hydrogens (tertiary/aromatic N) is 1. The molecule has 0 atom stereocenters. The number of benzene rings is 2. The lowest BCUT2D eigenvalue weighted by Crippen LogP contribution is -2.15. The lowest BCUT2D eigenvalue weighted by molar-refractivity contribution is 0.598. The van der Waals surface area contributed by atoms with Crippen LogP contribution in [0, 0.1) is 24.1 Å². The zero-order valence-corrected chi connectivity index (χ0v) is 11.4. The average molecular weight is 290 g/mol. The van der Waals surface area contributed by atoms with Gasteiger partial charge in [0.05, 0.1) is 11.3 Å². The highest BCUT2D eigenvalue weighted by Crippen LogP contribution is 2.22. The number of nitrogens with one attached hydrogen (secondary N) is 1. The van der Waals surface area contributed by atoms with Crippen LogP contribution in [0.4, 0.5) is 10.1 Å². The molecule has 4 nitrogen and oxygen atoms in total. The van der Waals surface area contributed by atoms with E-state index in [0.717, 1.165) is 5.56 Å². The van der Waals surface area contributed by atoms with E-state index in [1.54, 1.807) is 19.1 Å². The normalized spacial score (nSPS) is 10.8. The van der Waals surface area contributed by atoms with Crippen LogP contribution in [-0.2, 0) is 10.0 Å². The van der Waals surface area contributed by atoms with Crippen molar-refractivity contribution in [1.82, 2.24) is 0 Å². The minimum atomic E-state index is -4.01. The molecule has 102 valence electrons. The van der Waals surface area contributed by atoms with Gasteiger partial charge in [-0.15, -0.1) is 0 Å². The van der Waals surface area contributed by atoms with Crippen molar-refractivity contribution in [3.05, 3.63) is 59.4 Å². The fourth-order valence-corrected chi connectivity index (χ4v) is 2.93. The first-order valence-corrected chi connectivity index (χ1v) is 7.20. The molecule has 2 rings (SSSR count). The first kappa shape index (κ1) is 14.0. The van der Waals surface area contributed by atoms with Gasteiger partial charge in [0, 0.05) is 0 Å². The van der Waals surface area contributed by atoms with Crippen molar-refractivity contribution in [2.24, 2.45) is 0 Å². The van der Waals surface area contributed by atoms with Gasteiger partial charge < -0.3 is 0 Å². The Balaban J connectivity index is 2.47. The molecular weight excluding hydrogens is 279 g/mol. The largest absolute Gasteiger partial charge is 0.277 e. The molecule has 20 heavy (non-hydrogen) atoms. The summed E-state index contributed by atoms with van der Waals surface area (Å²) in [6.45, 7) is 1.72. The highest BCUT2D eigenvalue weighted by Gasteiger charge is 2.19. The van der Waals surface area contributed by atoms with Crippen LogP contribution in [0.2, 0.25) is 0 Å². The molecule has 0 spiro atoms. The monoisotopic (exact) mass is 290 g/mol. The Labute approximate surface area is 116 Å². The third-order valence-electron chi connectivity index (χ3n) is 2.66. The maximum absolute atomic E-state index is 13.6. The molecule has 0 radical (unpaired) electrons. The molecule has 0 amide bonds. The Bertz CT molecular complexity index is 795. The lowest BCUT2D eigenvalue weighted by Gasteiger charge is -2.10. The summed E-state index contributed by atoms with van der Waals surface area (Å²) in [5.41, 5.74) is 0.587. The summed E-state index contributed by atoms with van der Waals surface area (Å²) in [7, 11) is -4.01. The molecule has 2 aromatic rings. The van der Waals surface area contributed by atoms with Gasteiger partial charge in [0.25, 0.3) is 10.0 Å². The van der Waals surface area contributed by atoms with E-state index in [0.29, 0.717) is 0 Å². The van der Waals surface area contributed by atoms with E-state index < -0.39 is 15.8 Å². The Morgan fingerprint density at radius 2 is 1.90 bits per heavy atom. The van der Waals surface area contributed by atoms with Crippen LogP contribution in [-0.4, -0.2) is 8.42 Å². The molecule has 0 unspecified atom stereocenters. The minimum absolute atomic E-state index is 0.00746. The molecule has 0 saturated heterocycles. The molecule has 6 heteroatoms.